The van der Waals surface area contributed by atoms with Crippen molar-refractivity contribution in [2.24, 2.45) is 7.05 Å². The van der Waals surface area contributed by atoms with Crippen molar-refractivity contribution in [1.29, 1.82) is 0 Å². The van der Waals surface area contributed by atoms with Crippen LogP contribution in [0.25, 0.3) is 0 Å². The molecule has 0 fully saturated rings. The maximum absolute atomic E-state index is 12.1. The van der Waals surface area contributed by atoms with Crippen molar-refractivity contribution in [3.05, 3.63) is 22.3 Å². The molecule has 2 N–H and O–H groups in total. The molecule has 2 aromatic heterocycles. The smallest absolute Gasteiger partial charge is 0.265 e. The summed E-state index contributed by atoms with van der Waals surface area (Å²) in [6, 6.07) is 0. The van der Waals surface area contributed by atoms with E-state index < -0.39 is 11.8 Å². The van der Waals surface area contributed by atoms with Gasteiger partial charge < -0.3 is 20.3 Å². The highest BCUT2D eigenvalue weighted by Gasteiger charge is 2.19. The van der Waals surface area contributed by atoms with Gasteiger partial charge in [-0.25, -0.2) is 4.98 Å². The Balaban J connectivity index is 1.96. The van der Waals surface area contributed by atoms with Gasteiger partial charge in [0.05, 0.1) is 19.3 Å². The Bertz CT molecular complexity index is 841. The second-order valence-electron chi connectivity index (χ2n) is 5.59. The molecule has 2 heterocycles. The van der Waals surface area contributed by atoms with Crippen LogP contribution in [0.2, 0.25) is 0 Å². The Labute approximate surface area is 154 Å². The summed E-state index contributed by atoms with van der Waals surface area (Å²) in [5.74, 6) is -0.951. The van der Waals surface area contributed by atoms with Crippen molar-refractivity contribution in [2.75, 3.05) is 33.1 Å². The van der Waals surface area contributed by atoms with Crippen LogP contribution in [-0.4, -0.2) is 65.1 Å². The zero-order valence-electron chi connectivity index (χ0n) is 15.1. The first kappa shape index (κ1) is 19.4. The molecule has 11 heteroatoms. The second kappa shape index (κ2) is 7.95. The standard InChI is InChI=1S/C15H20N6O4S/c1-8-11(14(24)20(2)3)26-15(17-8)18-10(22)6-16-12(23)9-7-21(4)19-13(9)25-5/h7H,6H2,1-5H3,(H,16,23)(H,17,18,22). The molecular formula is C15H20N6O4S. The molecule has 0 radical (unpaired) electrons. The highest BCUT2D eigenvalue weighted by molar-refractivity contribution is 7.17. The van der Waals surface area contributed by atoms with Gasteiger partial charge in [0.25, 0.3) is 11.8 Å². The zero-order chi connectivity index (χ0) is 19.4. The number of methoxy groups -OCH3 is 1. The number of anilines is 1. The lowest BCUT2D eigenvalue weighted by Gasteiger charge is -2.07. The SMILES string of the molecule is COc1nn(C)cc1C(=O)NCC(=O)Nc1nc(C)c(C(=O)N(C)C)s1. The van der Waals surface area contributed by atoms with Gasteiger partial charge in [-0.1, -0.05) is 11.3 Å². The lowest BCUT2D eigenvalue weighted by atomic mass is 10.3. The summed E-state index contributed by atoms with van der Waals surface area (Å²) in [5, 5.41) is 9.33. The van der Waals surface area contributed by atoms with Crippen LogP contribution in [0.15, 0.2) is 6.20 Å². The number of amides is 3. The summed E-state index contributed by atoms with van der Waals surface area (Å²) in [6.07, 6.45) is 1.50. The molecule has 0 bridgehead atoms. The number of carbonyl (C=O) groups is 3. The third kappa shape index (κ3) is 4.36. The normalized spacial score (nSPS) is 10.3. The van der Waals surface area contributed by atoms with Gasteiger partial charge in [0.2, 0.25) is 11.8 Å². The van der Waals surface area contributed by atoms with Crippen LogP contribution in [0, 0.1) is 6.92 Å². The van der Waals surface area contributed by atoms with Crippen LogP contribution in [-0.2, 0) is 11.8 Å². The third-order valence-corrected chi connectivity index (χ3v) is 4.35. The molecule has 0 aliphatic carbocycles. The van der Waals surface area contributed by atoms with E-state index in [-0.39, 0.29) is 23.9 Å². The largest absolute Gasteiger partial charge is 0.479 e. The first-order valence-electron chi connectivity index (χ1n) is 7.57. The van der Waals surface area contributed by atoms with Gasteiger partial charge >= 0.3 is 0 Å². The Morgan fingerprint density at radius 3 is 2.65 bits per heavy atom. The average Bonchev–Trinajstić information content (AvgIpc) is 3.14. The maximum Gasteiger partial charge on any atom is 0.265 e. The molecule has 0 aliphatic rings. The Morgan fingerprint density at radius 2 is 2.04 bits per heavy atom. The van der Waals surface area contributed by atoms with E-state index in [1.165, 1.54) is 22.9 Å². The van der Waals surface area contributed by atoms with Crippen LogP contribution in [0.4, 0.5) is 5.13 Å². The summed E-state index contributed by atoms with van der Waals surface area (Å²) < 4.78 is 6.45. The molecule has 26 heavy (non-hydrogen) atoms. The van der Waals surface area contributed by atoms with Gasteiger partial charge in [-0.3, -0.25) is 19.1 Å². The minimum absolute atomic E-state index is 0.174. The van der Waals surface area contributed by atoms with E-state index in [0.29, 0.717) is 15.7 Å². The van der Waals surface area contributed by atoms with Crippen LogP contribution >= 0.6 is 11.3 Å². The number of aromatic nitrogens is 3. The number of hydrogen-bond acceptors (Lipinski definition) is 7. The number of thiazole rings is 1. The van der Waals surface area contributed by atoms with Crippen molar-refractivity contribution in [3.63, 3.8) is 0 Å². The molecule has 2 rings (SSSR count). The molecule has 0 saturated carbocycles. The van der Waals surface area contributed by atoms with E-state index in [9.17, 15) is 14.4 Å². The minimum Gasteiger partial charge on any atom is -0.479 e. The van der Waals surface area contributed by atoms with Gasteiger partial charge in [0.1, 0.15) is 10.4 Å². The van der Waals surface area contributed by atoms with E-state index in [1.54, 1.807) is 28.1 Å². The van der Waals surface area contributed by atoms with Crippen LogP contribution < -0.4 is 15.4 Å². The summed E-state index contributed by atoms with van der Waals surface area (Å²) in [4.78, 5) is 42.2. The Hall–Kier alpha value is -2.95. The summed E-state index contributed by atoms with van der Waals surface area (Å²) >= 11 is 1.08. The van der Waals surface area contributed by atoms with Crippen molar-refractivity contribution in [1.82, 2.24) is 25.0 Å². The molecule has 0 spiro atoms. The van der Waals surface area contributed by atoms with Crippen molar-refractivity contribution >= 4 is 34.2 Å². The van der Waals surface area contributed by atoms with E-state index in [0.717, 1.165) is 11.3 Å². The number of carbonyl (C=O) groups excluding carboxylic acids is 3. The monoisotopic (exact) mass is 380 g/mol. The van der Waals surface area contributed by atoms with Gasteiger partial charge in [-0.05, 0) is 6.92 Å². The van der Waals surface area contributed by atoms with Crippen molar-refractivity contribution < 1.29 is 19.1 Å². The zero-order valence-corrected chi connectivity index (χ0v) is 15.9. The molecule has 0 saturated heterocycles. The average molecular weight is 380 g/mol. The first-order chi connectivity index (χ1) is 12.2. The van der Waals surface area contributed by atoms with Gasteiger partial charge in [0, 0.05) is 27.3 Å². The van der Waals surface area contributed by atoms with Gasteiger partial charge in [0.15, 0.2) is 5.13 Å². The number of nitrogens with zero attached hydrogens (tertiary/aromatic N) is 4. The molecule has 0 unspecified atom stereocenters. The highest BCUT2D eigenvalue weighted by atomic mass is 32.1. The lowest BCUT2D eigenvalue weighted by molar-refractivity contribution is -0.115. The highest BCUT2D eigenvalue weighted by Crippen LogP contribution is 2.23. The Morgan fingerprint density at radius 1 is 1.35 bits per heavy atom. The number of hydrogen-bond donors (Lipinski definition) is 2. The predicted octanol–water partition coefficient (Wildman–Crippen LogP) is 0.264. The van der Waals surface area contributed by atoms with Crippen LogP contribution in [0.5, 0.6) is 5.88 Å². The molecule has 0 aromatic carbocycles. The fourth-order valence-corrected chi connectivity index (χ4v) is 3.05. The number of ether oxygens (including phenoxy) is 1. The fourth-order valence-electron chi connectivity index (χ4n) is 2.05. The minimum atomic E-state index is -0.483. The molecule has 0 aliphatic heterocycles. The summed E-state index contributed by atoms with van der Waals surface area (Å²) in [5.41, 5.74) is 0.764. The molecule has 140 valence electrons. The predicted molar refractivity (Wildman–Crippen MR) is 95.6 cm³/mol. The lowest BCUT2D eigenvalue weighted by Crippen LogP contribution is -2.32. The first-order valence-corrected chi connectivity index (χ1v) is 8.39. The molecule has 10 nitrogen and oxygen atoms in total. The molecule has 3 amide bonds. The maximum atomic E-state index is 12.1. The fraction of sp³-hybridized carbons (Fsp3) is 0.400. The quantitative estimate of drug-likeness (QED) is 0.742. The summed E-state index contributed by atoms with van der Waals surface area (Å²) in [7, 11) is 6.34. The number of aryl methyl sites for hydroxylation is 2. The third-order valence-electron chi connectivity index (χ3n) is 3.29. The van der Waals surface area contributed by atoms with Gasteiger partial charge in [-0.2, -0.15) is 0 Å². The van der Waals surface area contributed by atoms with E-state index in [4.69, 9.17) is 4.74 Å². The second-order valence-corrected chi connectivity index (χ2v) is 6.59. The topological polar surface area (TPSA) is 118 Å². The summed E-state index contributed by atoms with van der Waals surface area (Å²) in [6.45, 7) is 1.44. The van der Waals surface area contributed by atoms with Crippen molar-refractivity contribution in [2.45, 2.75) is 6.92 Å². The molecular weight excluding hydrogens is 360 g/mol. The van der Waals surface area contributed by atoms with Gasteiger partial charge in [-0.15, -0.1) is 5.10 Å². The molecule has 0 atom stereocenters. The van der Waals surface area contributed by atoms with E-state index in [1.807, 2.05) is 0 Å². The van der Waals surface area contributed by atoms with E-state index >= 15 is 0 Å². The van der Waals surface area contributed by atoms with Crippen LogP contribution in [0.1, 0.15) is 25.7 Å². The Kier molecular flexibility index (Phi) is 5.93. The number of nitrogens with one attached hydrogen (secondary N) is 2. The van der Waals surface area contributed by atoms with E-state index in [2.05, 4.69) is 20.7 Å². The number of rotatable bonds is 6. The molecule has 2 aromatic rings. The van der Waals surface area contributed by atoms with Crippen LogP contribution in [0.3, 0.4) is 0 Å². The van der Waals surface area contributed by atoms with Crippen molar-refractivity contribution in [3.8, 4) is 5.88 Å².